The highest BCUT2D eigenvalue weighted by atomic mass is 19.4. The summed E-state index contributed by atoms with van der Waals surface area (Å²) >= 11 is 0. The molecule has 16 heavy (non-hydrogen) atoms. The van der Waals surface area contributed by atoms with Crippen molar-refractivity contribution in [2.45, 2.75) is 33.1 Å². The molecular formula is C10H15F3O3. The Balaban J connectivity index is 4.40. The first-order valence-electron chi connectivity index (χ1n) is 4.85. The number of carbonyl (C=O) groups excluding carboxylic acids is 1. The molecule has 1 atom stereocenters. The fraction of sp³-hybridized carbons (Fsp3) is 0.700. The van der Waals surface area contributed by atoms with E-state index in [9.17, 15) is 18.0 Å². The van der Waals surface area contributed by atoms with Crippen LogP contribution >= 0.6 is 0 Å². The Morgan fingerprint density at radius 2 is 1.94 bits per heavy atom. The van der Waals surface area contributed by atoms with Crippen molar-refractivity contribution in [1.82, 2.24) is 0 Å². The normalized spacial score (nSPS) is 14.2. The van der Waals surface area contributed by atoms with Crippen LogP contribution in [-0.4, -0.2) is 25.0 Å². The van der Waals surface area contributed by atoms with Crippen molar-refractivity contribution in [3.05, 3.63) is 12.2 Å². The van der Waals surface area contributed by atoms with Crippen LogP contribution in [0.25, 0.3) is 0 Å². The predicted octanol–water partition coefficient (Wildman–Crippen LogP) is 3.30. The van der Waals surface area contributed by atoms with E-state index < -0.39 is 18.4 Å². The number of allylic oxidation sites excluding steroid dienone is 1. The molecule has 0 aromatic heterocycles. The molecule has 6 heteroatoms. The molecule has 0 aliphatic carbocycles. The first-order valence-corrected chi connectivity index (χ1v) is 4.85. The van der Waals surface area contributed by atoms with E-state index in [2.05, 4.69) is 4.74 Å². The fourth-order valence-electron chi connectivity index (χ4n) is 0.865. The SMILES string of the molecule is CCOC(=O)OC(/C=C/C(F)(F)F)C(C)C. The van der Waals surface area contributed by atoms with Crippen LogP contribution < -0.4 is 0 Å². The number of hydrogen-bond donors (Lipinski definition) is 0. The summed E-state index contributed by atoms with van der Waals surface area (Å²) < 4.78 is 44.9. The molecule has 3 nitrogen and oxygen atoms in total. The van der Waals surface area contributed by atoms with Gasteiger partial charge in [0, 0.05) is 6.08 Å². The van der Waals surface area contributed by atoms with E-state index in [0.29, 0.717) is 0 Å². The Bertz CT molecular complexity index is 246. The number of rotatable bonds is 4. The predicted molar refractivity (Wildman–Crippen MR) is 51.9 cm³/mol. The van der Waals surface area contributed by atoms with Gasteiger partial charge in [-0.3, -0.25) is 0 Å². The maximum Gasteiger partial charge on any atom is 0.508 e. The first kappa shape index (κ1) is 14.8. The standard InChI is InChI=1S/C10H15F3O3/c1-4-15-9(14)16-8(7(2)3)5-6-10(11,12)13/h5-8H,4H2,1-3H3/b6-5+. The Morgan fingerprint density at radius 3 is 2.31 bits per heavy atom. The summed E-state index contributed by atoms with van der Waals surface area (Å²) in [5, 5.41) is 0. The molecule has 0 aliphatic rings. The lowest BCUT2D eigenvalue weighted by atomic mass is 10.1. The summed E-state index contributed by atoms with van der Waals surface area (Å²) in [5.74, 6) is -0.261. The zero-order chi connectivity index (χ0) is 12.8. The van der Waals surface area contributed by atoms with Crippen molar-refractivity contribution < 1.29 is 27.4 Å². The molecule has 0 heterocycles. The highest BCUT2D eigenvalue weighted by Crippen LogP contribution is 2.18. The van der Waals surface area contributed by atoms with Crippen molar-refractivity contribution in [1.29, 1.82) is 0 Å². The topological polar surface area (TPSA) is 35.5 Å². The monoisotopic (exact) mass is 240 g/mol. The lowest BCUT2D eigenvalue weighted by molar-refractivity contribution is -0.0810. The molecule has 0 rings (SSSR count). The minimum absolute atomic E-state index is 0.0525. The van der Waals surface area contributed by atoms with Gasteiger partial charge in [0.1, 0.15) is 6.10 Å². The number of ether oxygens (including phenoxy) is 2. The van der Waals surface area contributed by atoms with E-state index in [1.165, 1.54) is 0 Å². The quantitative estimate of drug-likeness (QED) is 0.558. The highest BCUT2D eigenvalue weighted by molar-refractivity contribution is 5.60. The maximum absolute atomic E-state index is 11.9. The highest BCUT2D eigenvalue weighted by Gasteiger charge is 2.24. The minimum Gasteiger partial charge on any atom is -0.435 e. The Labute approximate surface area is 92.2 Å². The van der Waals surface area contributed by atoms with E-state index >= 15 is 0 Å². The second-order valence-electron chi connectivity index (χ2n) is 3.41. The van der Waals surface area contributed by atoms with Gasteiger partial charge in [-0.25, -0.2) is 4.79 Å². The van der Waals surface area contributed by atoms with E-state index in [4.69, 9.17) is 4.74 Å². The molecule has 0 amide bonds. The van der Waals surface area contributed by atoms with Gasteiger partial charge in [-0.1, -0.05) is 13.8 Å². The average molecular weight is 240 g/mol. The van der Waals surface area contributed by atoms with Crippen LogP contribution in [0, 0.1) is 5.92 Å². The van der Waals surface area contributed by atoms with Gasteiger partial charge in [0.25, 0.3) is 0 Å². The summed E-state index contributed by atoms with van der Waals surface area (Å²) in [6.45, 7) is 4.99. The van der Waals surface area contributed by atoms with Gasteiger partial charge in [-0.15, -0.1) is 0 Å². The van der Waals surface area contributed by atoms with Gasteiger partial charge >= 0.3 is 12.3 Å². The first-order chi connectivity index (χ1) is 7.26. The van der Waals surface area contributed by atoms with Crippen LogP contribution in [0.3, 0.4) is 0 Å². The molecule has 0 N–H and O–H groups in total. The molecular weight excluding hydrogens is 225 g/mol. The van der Waals surface area contributed by atoms with E-state index in [-0.39, 0.29) is 18.6 Å². The Kier molecular flexibility index (Phi) is 5.92. The van der Waals surface area contributed by atoms with Gasteiger partial charge < -0.3 is 9.47 Å². The van der Waals surface area contributed by atoms with Gasteiger partial charge in [0.15, 0.2) is 0 Å². The fourth-order valence-corrected chi connectivity index (χ4v) is 0.865. The van der Waals surface area contributed by atoms with Crippen molar-refractivity contribution in [2.24, 2.45) is 5.92 Å². The second-order valence-corrected chi connectivity index (χ2v) is 3.41. The van der Waals surface area contributed by atoms with E-state index in [1.54, 1.807) is 20.8 Å². The Hall–Kier alpha value is -1.20. The molecule has 1 unspecified atom stereocenters. The minimum atomic E-state index is -4.41. The molecule has 0 spiro atoms. The largest absolute Gasteiger partial charge is 0.508 e. The van der Waals surface area contributed by atoms with E-state index in [1.807, 2.05) is 0 Å². The van der Waals surface area contributed by atoms with Gasteiger partial charge in [0.2, 0.25) is 0 Å². The molecule has 0 saturated carbocycles. The molecule has 0 radical (unpaired) electrons. The molecule has 0 saturated heterocycles. The van der Waals surface area contributed by atoms with Gasteiger partial charge in [-0.2, -0.15) is 13.2 Å². The van der Waals surface area contributed by atoms with Crippen LogP contribution in [0.4, 0.5) is 18.0 Å². The van der Waals surface area contributed by atoms with Gasteiger partial charge in [-0.05, 0) is 18.9 Å². The number of hydrogen-bond acceptors (Lipinski definition) is 3. The van der Waals surface area contributed by atoms with Crippen molar-refractivity contribution in [2.75, 3.05) is 6.61 Å². The van der Waals surface area contributed by atoms with Crippen LogP contribution in [0.15, 0.2) is 12.2 Å². The third kappa shape index (κ3) is 7.14. The van der Waals surface area contributed by atoms with Crippen LogP contribution in [-0.2, 0) is 9.47 Å². The van der Waals surface area contributed by atoms with Crippen molar-refractivity contribution >= 4 is 6.16 Å². The third-order valence-corrected chi connectivity index (χ3v) is 1.63. The van der Waals surface area contributed by atoms with Crippen LogP contribution in [0.2, 0.25) is 0 Å². The number of carbonyl (C=O) groups is 1. The van der Waals surface area contributed by atoms with Gasteiger partial charge in [0.05, 0.1) is 6.61 Å². The summed E-state index contributed by atoms with van der Waals surface area (Å²) in [4.78, 5) is 10.9. The van der Waals surface area contributed by atoms with Crippen molar-refractivity contribution in [3.8, 4) is 0 Å². The maximum atomic E-state index is 11.9. The molecule has 0 fully saturated rings. The third-order valence-electron chi connectivity index (χ3n) is 1.63. The molecule has 0 aromatic carbocycles. The average Bonchev–Trinajstić information content (AvgIpc) is 2.10. The van der Waals surface area contributed by atoms with Crippen LogP contribution in [0.5, 0.6) is 0 Å². The van der Waals surface area contributed by atoms with Crippen molar-refractivity contribution in [3.63, 3.8) is 0 Å². The molecule has 0 bridgehead atoms. The smallest absolute Gasteiger partial charge is 0.435 e. The summed E-state index contributed by atoms with van der Waals surface area (Å²) in [6, 6.07) is 0. The second kappa shape index (κ2) is 6.40. The Morgan fingerprint density at radius 1 is 1.38 bits per heavy atom. The molecule has 0 aliphatic heterocycles. The van der Waals surface area contributed by atoms with E-state index in [0.717, 1.165) is 6.08 Å². The number of alkyl halides is 3. The number of halogens is 3. The van der Waals surface area contributed by atoms with Crippen LogP contribution in [0.1, 0.15) is 20.8 Å². The summed E-state index contributed by atoms with van der Waals surface area (Å²) in [7, 11) is 0. The lowest BCUT2D eigenvalue weighted by Crippen LogP contribution is -2.23. The summed E-state index contributed by atoms with van der Waals surface area (Å²) in [5.41, 5.74) is 0. The lowest BCUT2D eigenvalue weighted by Gasteiger charge is -2.17. The molecule has 0 aromatic rings. The summed E-state index contributed by atoms with van der Waals surface area (Å²) in [6.07, 6.45) is -5.46. The zero-order valence-electron chi connectivity index (χ0n) is 9.38. The molecule has 94 valence electrons. The zero-order valence-corrected chi connectivity index (χ0v) is 9.38.